The smallest absolute Gasteiger partial charge is 0.211 e. The summed E-state index contributed by atoms with van der Waals surface area (Å²) >= 11 is 0. The van der Waals surface area contributed by atoms with Crippen LogP contribution in [-0.2, 0) is 10.0 Å². The van der Waals surface area contributed by atoms with Gasteiger partial charge in [0.25, 0.3) is 0 Å². The van der Waals surface area contributed by atoms with E-state index in [9.17, 15) is 8.42 Å². The molecular weight excluding hydrogens is 250 g/mol. The molecule has 1 aromatic carbocycles. The molecule has 1 aliphatic carbocycles. The molecule has 0 amide bonds. The van der Waals surface area contributed by atoms with Crippen molar-refractivity contribution >= 4 is 10.0 Å². The highest BCUT2D eigenvalue weighted by Gasteiger charge is 2.34. The fraction of sp³-hybridized carbons (Fsp3) is 0.538. The van der Waals surface area contributed by atoms with Gasteiger partial charge in [-0.1, -0.05) is 12.1 Å². The van der Waals surface area contributed by atoms with Crippen molar-refractivity contribution in [3.63, 3.8) is 0 Å². The number of sulfonamides is 1. The molecule has 1 fully saturated rings. The largest absolute Gasteiger partial charge is 0.497 e. The quantitative estimate of drug-likeness (QED) is 0.860. The van der Waals surface area contributed by atoms with E-state index in [4.69, 9.17) is 4.74 Å². The van der Waals surface area contributed by atoms with Crippen LogP contribution in [-0.4, -0.2) is 21.3 Å². The Labute approximate surface area is 108 Å². The second-order valence-electron chi connectivity index (χ2n) is 4.61. The van der Waals surface area contributed by atoms with E-state index in [-0.39, 0.29) is 11.8 Å². The summed E-state index contributed by atoms with van der Waals surface area (Å²) in [6.45, 7) is 1.65. The second kappa shape index (κ2) is 5.28. The van der Waals surface area contributed by atoms with E-state index in [1.54, 1.807) is 14.0 Å². The summed E-state index contributed by atoms with van der Waals surface area (Å²) in [4.78, 5) is 0. The lowest BCUT2D eigenvalue weighted by molar-refractivity contribution is 0.414. The van der Waals surface area contributed by atoms with Crippen LogP contribution in [0, 0.1) is 5.92 Å². The lowest BCUT2D eigenvalue weighted by Crippen LogP contribution is -2.31. The van der Waals surface area contributed by atoms with Crippen molar-refractivity contribution in [2.75, 3.05) is 12.9 Å². The summed E-state index contributed by atoms with van der Waals surface area (Å²) < 4.78 is 31.3. The number of nitrogens with one attached hydrogen (secondary N) is 1. The van der Waals surface area contributed by atoms with Gasteiger partial charge in [0.2, 0.25) is 10.0 Å². The van der Waals surface area contributed by atoms with Crippen molar-refractivity contribution in [3.05, 3.63) is 29.8 Å². The van der Waals surface area contributed by atoms with Gasteiger partial charge in [0.05, 0.1) is 12.9 Å². The van der Waals surface area contributed by atoms with Crippen LogP contribution in [0.2, 0.25) is 0 Å². The van der Waals surface area contributed by atoms with E-state index in [0.29, 0.717) is 5.92 Å². The molecule has 0 spiro atoms. The molecule has 0 radical (unpaired) electrons. The molecule has 5 heteroatoms. The number of benzene rings is 1. The summed E-state index contributed by atoms with van der Waals surface area (Å²) in [6.07, 6.45) is 2.17. The minimum atomic E-state index is -3.17. The van der Waals surface area contributed by atoms with Crippen molar-refractivity contribution in [2.24, 2.45) is 5.92 Å². The molecule has 18 heavy (non-hydrogen) atoms. The average Bonchev–Trinajstić information content (AvgIpc) is 3.21. The first kappa shape index (κ1) is 13.4. The maximum atomic E-state index is 11.7. The monoisotopic (exact) mass is 269 g/mol. The number of methoxy groups -OCH3 is 1. The van der Waals surface area contributed by atoms with E-state index in [0.717, 1.165) is 24.2 Å². The summed E-state index contributed by atoms with van der Waals surface area (Å²) in [5.74, 6) is 1.33. The van der Waals surface area contributed by atoms with Gasteiger partial charge in [-0.15, -0.1) is 0 Å². The Morgan fingerprint density at radius 2 is 1.94 bits per heavy atom. The van der Waals surface area contributed by atoms with Crippen molar-refractivity contribution < 1.29 is 13.2 Å². The molecule has 0 saturated heterocycles. The third-order valence-electron chi connectivity index (χ3n) is 3.25. The van der Waals surface area contributed by atoms with E-state index < -0.39 is 10.0 Å². The van der Waals surface area contributed by atoms with Crippen molar-refractivity contribution in [3.8, 4) is 5.75 Å². The zero-order valence-electron chi connectivity index (χ0n) is 10.7. The standard InChI is InChI=1S/C13H19NO3S/c1-3-18(15,16)14-13(10-4-5-10)11-6-8-12(17-2)9-7-11/h6-10,13-14H,3-5H2,1-2H3. The Bertz CT molecular complexity index is 491. The summed E-state index contributed by atoms with van der Waals surface area (Å²) in [5.41, 5.74) is 1.01. The lowest BCUT2D eigenvalue weighted by Gasteiger charge is -2.18. The molecule has 100 valence electrons. The number of ether oxygens (including phenoxy) is 1. The van der Waals surface area contributed by atoms with Crippen molar-refractivity contribution in [2.45, 2.75) is 25.8 Å². The van der Waals surface area contributed by atoms with Gasteiger partial charge in [-0.05, 0) is 43.4 Å². The van der Waals surface area contributed by atoms with Crippen LogP contribution >= 0.6 is 0 Å². The Balaban J connectivity index is 2.19. The normalized spacial score (nSPS) is 17.4. The van der Waals surface area contributed by atoms with E-state index >= 15 is 0 Å². The minimum absolute atomic E-state index is 0.0964. The molecule has 2 rings (SSSR count). The topological polar surface area (TPSA) is 55.4 Å². The number of hydrogen-bond donors (Lipinski definition) is 1. The van der Waals surface area contributed by atoms with Crippen LogP contribution in [0.25, 0.3) is 0 Å². The van der Waals surface area contributed by atoms with Crippen LogP contribution in [0.15, 0.2) is 24.3 Å². The molecule has 1 N–H and O–H groups in total. The van der Waals surface area contributed by atoms with Gasteiger partial charge >= 0.3 is 0 Å². The molecular formula is C13H19NO3S. The van der Waals surface area contributed by atoms with Crippen LogP contribution in [0.5, 0.6) is 5.75 Å². The fourth-order valence-electron chi connectivity index (χ4n) is 1.95. The van der Waals surface area contributed by atoms with Crippen molar-refractivity contribution in [1.29, 1.82) is 0 Å². The molecule has 0 bridgehead atoms. The Morgan fingerprint density at radius 1 is 1.33 bits per heavy atom. The van der Waals surface area contributed by atoms with E-state index in [1.807, 2.05) is 24.3 Å². The molecule has 1 atom stereocenters. The predicted molar refractivity (Wildman–Crippen MR) is 71.1 cm³/mol. The van der Waals surface area contributed by atoms with E-state index in [1.165, 1.54) is 0 Å². The van der Waals surface area contributed by atoms with Gasteiger partial charge < -0.3 is 4.74 Å². The first-order chi connectivity index (χ1) is 8.55. The first-order valence-corrected chi connectivity index (χ1v) is 7.85. The Hall–Kier alpha value is -1.07. The highest BCUT2D eigenvalue weighted by molar-refractivity contribution is 7.89. The van der Waals surface area contributed by atoms with Crippen LogP contribution in [0.4, 0.5) is 0 Å². The summed E-state index contributed by atoms with van der Waals surface area (Å²) in [5, 5.41) is 0. The van der Waals surface area contributed by atoms with Gasteiger partial charge in [0, 0.05) is 6.04 Å². The maximum absolute atomic E-state index is 11.7. The molecule has 1 aromatic rings. The second-order valence-corrected chi connectivity index (χ2v) is 6.65. The zero-order chi connectivity index (χ0) is 13.2. The third-order valence-corrected chi connectivity index (χ3v) is 4.63. The maximum Gasteiger partial charge on any atom is 0.211 e. The van der Waals surface area contributed by atoms with Crippen LogP contribution in [0.3, 0.4) is 0 Å². The zero-order valence-corrected chi connectivity index (χ0v) is 11.5. The highest BCUT2D eigenvalue weighted by Crippen LogP contribution is 2.41. The Morgan fingerprint density at radius 3 is 2.39 bits per heavy atom. The number of hydrogen-bond acceptors (Lipinski definition) is 3. The summed E-state index contributed by atoms with van der Waals surface area (Å²) in [7, 11) is -1.55. The van der Waals surface area contributed by atoms with Crippen molar-refractivity contribution in [1.82, 2.24) is 4.72 Å². The molecule has 1 unspecified atom stereocenters. The molecule has 4 nitrogen and oxygen atoms in total. The third kappa shape index (κ3) is 3.23. The average molecular weight is 269 g/mol. The summed E-state index contributed by atoms with van der Waals surface area (Å²) in [6, 6.07) is 7.50. The van der Waals surface area contributed by atoms with Gasteiger partial charge in [0.1, 0.15) is 5.75 Å². The van der Waals surface area contributed by atoms with Gasteiger partial charge in [-0.25, -0.2) is 13.1 Å². The van der Waals surface area contributed by atoms with E-state index in [2.05, 4.69) is 4.72 Å². The molecule has 0 aromatic heterocycles. The fourth-order valence-corrected chi connectivity index (χ4v) is 2.84. The predicted octanol–water partition coefficient (Wildman–Crippen LogP) is 2.09. The van der Waals surface area contributed by atoms with Gasteiger partial charge in [-0.2, -0.15) is 0 Å². The minimum Gasteiger partial charge on any atom is -0.497 e. The van der Waals surface area contributed by atoms with Gasteiger partial charge in [-0.3, -0.25) is 0 Å². The van der Waals surface area contributed by atoms with Crippen LogP contribution < -0.4 is 9.46 Å². The molecule has 1 saturated carbocycles. The lowest BCUT2D eigenvalue weighted by atomic mass is 10.0. The SMILES string of the molecule is CCS(=O)(=O)NC(c1ccc(OC)cc1)C1CC1. The van der Waals surface area contributed by atoms with Gasteiger partial charge in [0.15, 0.2) is 0 Å². The molecule has 0 aliphatic heterocycles. The Kier molecular flexibility index (Phi) is 3.92. The van der Waals surface area contributed by atoms with Crippen LogP contribution in [0.1, 0.15) is 31.4 Å². The molecule has 1 aliphatic rings. The molecule has 0 heterocycles. The number of rotatable bonds is 6. The first-order valence-electron chi connectivity index (χ1n) is 6.19. The highest BCUT2D eigenvalue weighted by atomic mass is 32.2.